The van der Waals surface area contributed by atoms with Crippen LogP contribution >= 0.6 is 7.60 Å². The molecule has 1 heterocycles. The Kier molecular flexibility index (Phi) is 8.38. The predicted molar refractivity (Wildman–Crippen MR) is 125 cm³/mol. The highest BCUT2D eigenvalue weighted by molar-refractivity contribution is 7.53. The molecular weight excluding hydrogens is 415 g/mol. The van der Waals surface area contributed by atoms with E-state index in [0.717, 1.165) is 5.56 Å². The number of phenolic OH excluding ortho intramolecular Hbond substituents is 1. The number of phenols is 1. The Morgan fingerprint density at radius 3 is 2.23 bits per heavy atom. The van der Waals surface area contributed by atoms with Crippen LogP contribution in [-0.2, 0) is 11.0 Å². The van der Waals surface area contributed by atoms with Crippen molar-refractivity contribution in [1.29, 1.82) is 0 Å². The molecule has 0 fully saturated rings. The summed E-state index contributed by atoms with van der Waals surface area (Å²) >= 11 is 0. The number of anilines is 1. The smallest absolute Gasteiger partial charge is 0.395 e. The van der Waals surface area contributed by atoms with Gasteiger partial charge in [0.2, 0.25) is 0 Å². The van der Waals surface area contributed by atoms with Gasteiger partial charge in [0, 0.05) is 29.1 Å². The van der Waals surface area contributed by atoms with Crippen LogP contribution < -0.4 is 14.6 Å². The fourth-order valence-electron chi connectivity index (χ4n) is 3.67. The molecule has 0 amide bonds. The normalized spacial score (nSPS) is 13.5. The van der Waals surface area contributed by atoms with Gasteiger partial charge in [-0.3, -0.25) is 4.98 Å². The number of aromatic hydroxyl groups is 1. The lowest BCUT2D eigenvalue weighted by atomic mass is 9.85. The predicted octanol–water partition coefficient (Wildman–Crippen LogP) is 5.87. The van der Waals surface area contributed by atoms with Gasteiger partial charge in [-0.1, -0.05) is 41.5 Å². The molecule has 31 heavy (non-hydrogen) atoms. The minimum atomic E-state index is -4.09. The summed E-state index contributed by atoms with van der Waals surface area (Å²) in [6.07, 6.45) is 3.51. The van der Waals surface area contributed by atoms with Gasteiger partial charge in [0.1, 0.15) is 12.0 Å². The molecule has 1 aromatic heterocycles. The zero-order valence-corrected chi connectivity index (χ0v) is 20.4. The fraction of sp³-hybridized carbons (Fsp3) is 0.522. The molecule has 2 rings (SSSR count). The zero-order chi connectivity index (χ0) is 23.3. The SMILES string of the molecule is COc1c(O)c(CC(C)C)c(C(C)C)c(OP(=O)(O)CNc2cccnc2)c1C(C)C. The van der Waals surface area contributed by atoms with Gasteiger partial charge in [0.25, 0.3) is 0 Å². The van der Waals surface area contributed by atoms with E-state index in [2.05, 4.69) is 24.1 Å². The van der Waals surface area contributed by atoms with Crippen molar-refractivity contribution in [2.45, 2.75) is 59.8 Å². The lowest BCUT2D eigenvalue weighted by Gasteiger charge is -2.28. The first-order valence-electron chi connectivity index (χ1n) is 10.6. The monoisotopic (exact) mass is 450 g/mol. The third-order valence-corrected chi connectivity index (χ3v) is 5.94. The van der Waals surface area contributed by atoms with Crippen molar-refractivity contribution < 1.29 is 23.8 Å². The minimum Gasteiger partial charge on any atom is -0.504 e. The first-order chi connectivity index (χ1) is 14.5. The van der Waals surface area contributed by atoms with E-state index in [9.17, 15) is 14.6 Å². The van der Waals surface area contributed by atoms with E-state index in [1.807, 2.05) is 27.7 Å². The molecule has 8 heteroatoms. The second kappa shape index (κ2) is 10.4. The number of hydrogen-bond donors (Lipinski definition) is 3. The molecule has 0 radical (unpaired) electrons. The van der Waals surface area contributed by atoms with Crippen molar-refractivity contribution in [3.8, 4) is 17.2 Å². The third-order valence-electron chi connectivity index (χ3n) is 4.91. The topological polar surface area (TPSA) is 101 Å². The van der Waals surface area contributed by atoms with Gasteiger partial charge in [-0.05, 0) is 36.3 Å². The first kappa shape index (κ1) is 25.0. The Bertz CT molecular complexity index is 930. The second-order valence-electron chi connectivity index (χ2n) is 8.73. The highest BCUT2D eigenvalue weighted by Gasteiger charge is 2.33. The summed E-state index contributed by atoms with van der Waals surface area (Å²) in [5, 5.41) is 13.9. The molecule has 172 valence electrons. The molecular formula is C23H35N2O5P. The molecule has 0 saturated carbocycles. The maximum Gasteiger partial charge on any atom is 0.395 e. The van der Waals surface area contributed by atoms with Crippen LogP contribution in [0.2, 0.25) is 0 Å². The second-order valence-corrected chi connectivity index (χ2v) is 10.5. The van der Waals surface area contributed by atoms with Crippen LogP contribution in [-0.4, -0.2) is 28.4 Å². The molecule has 0 spiro atoms. The largest absolute Gasteiger partial charge is 0.504 e. The van der Waals surface area contributed by atoms with E-state index in [1.165, 1.54) is 7.11 Å². The molecule has 0 aliphatic heterocycles. The molecule has 0 aliphatic carbocycles. The van der Waals surface area contributed by atoms with Crippen molar-refractivity contribution in [1.82, 2.24) is 4.98 Å². The molecule has 0 saturated heterocycles. The van der Waals surface area contributed by atoms with Crippen molar-refractivity contribution in [2.24, 2.45) is 5.92 Å². The number of aromatic nitrogens is 1. The quantitative estimate of drug-likeness (QED) is 0.389. The molecule has 1 unspecified atom stereocenters. The van der Waals surface area contributed by atoms with Gasteiger partial charge in [0.05, 0.1) is 12.8 Å². The Morgan fingerprint density at radius 2 is 1.74 bits per heavy atom. The van der Waals surface area contributed by atoms with Crippen LogP contribution in [0.3, 0.4) is 0 Å². The summed E-state index contributed by atoms with van der Waals surface area (Å²) in [4.78, 5) is 14.7. The van der Waals surface area contributed by atoms with E-state index < -0.39 is 7.60 Å². The summed E-state index contributed by atoms with van der Waals surface area (Å²) in [5.74, 6) is 0.827. The van der Waals surface area contributed by atoms with Crippen molar-refractivity contribution in [2.75, 3.05) is 18.7 Å². The van der Waals surface area contributed by atoms with Gasteiger partial charge in [-0.25, -0.2) is 4.57 Å². The molecule has 2 aromatic rings. The average molecular weight is 451 g/mol. The molecule has 7 nitrogen and oxygen atoms in total. The van der Waals surface area contributed by atoms with E-state index in [0.29, 0.717) is 34.7 Å². The van der Waals surface area contributed by atoms with E-state index in [4.69, 9.17) is 9.26 Å². The fourth-order valence-corrected chi connectivity index (χ4v) is 4.59. The summed E-state index contributed by atoms with van der Waals surface area (Å²) in [7, 11) is -2.60. The number of nitrogens with one attached hydrogen (secondary N) is 1. The molecule has 0 aliphatic rings. The van der Waals surface area contributed by atoms with Crippen LogP contribution in [0.15, 0.2) is 24.5 Å². The summed E-state index contributed by atoms with van der Waals surface area (Å²) in [6, 6.07) is 3.50. The Morgan fingerprint density at radius 1 is 1.10 bits per heavy atom. The van der Waals surface area contributed by atoms with Gasteiger partial charge in [-0.15, -0.1) is 0 Å². The number of benzene rings is 1. The van der Waals surface area contributed by atoms with Crippen LogP contribution in [0.4, 0.5) is 5.69 Å². The summed E-state index contributed by atoms with van der Waals surface area (Å²) in [5.41, 5.74) is 2.65. The Hall–Kier alpha value is -2.24. The average Bonchev–Trinajstić information content (AvgIpc) is 2.68. The standard InChI is InChI=1S/C23H35N2O5P/c1-14(2)11-18-19(15(3)4)22(20(16(5)6)23(29-7)21(18)26)30-31(27,28)13-25-17-9-8-10-24-12-17/h8-10,12,14-16,25-26H,11,13H2,1-7H3,(H,27,28). The van der Waals surface area contributed by atoms with Crippen LogP contribution in [0.1, 0.15) is 70.1 Å². The minimum absolute atomic E-state index is 0.0376. The number of nitrogens with zero attached hydrogens (tertiary/aromatic N) is 1. The van der Waals surface area contributed by atoms with Gasteiger partial charge < -0.3 is 24.6 Å². The van der Waals surface area contributed by atoms with E-state index >= 15 is 0 Å². The first-order valence-corrected chi connectivity index (χ1v) is 12.4. The summed E-state index contributed by atoms with van der Waals surface area (Å²) in [6.45, 7) is 12.0. The Labute approximate surface area is 185 Å². The van der Waals surface area contributed by atoms with Gasteiger partial charge >= 0.3 is 7.60 Å². The lowest BCUT2D eigenvalue weighted by Crippen LogP contribution is -2.13. The maximum atomic E-state index is 13.1. The number of pyridine rings is 1. The van der Waals surface area contributed by atoms with Crippen molar-refractivity contribution in [3.05, 3.63) is 41.2 Å². The van der Waals surface area contributed by atoms with Crippen LogP contribution in [0, 0.1) is 5.92 Å². The van der Waals surface area contributed by atoms with Crippen molar-refractivity contribution in [3.63, 3.8) is 0 Å². The maximum absolute atomic E-state index is 13.1. The number of rotatable bonds is 10. The number of methoxy groups -OCH3 is 1. The van der Waals surface area contributed by atoms with E-state index in [-0.39, 0.29) is 29.8 Å². The number of ether oxygens (including phenoxy) is 1. The van der Waals surface area contributed by atoms with Crippen LogP contribution in [0.25, 0.3) is 0 Å². The lowest BCUT2D eigenvalue weighted by molar-refractivity contribution is 0.349. The van der Waals surface area contributed by atoms with Crippen molar-refractivity contribution >= 4 is 13.3 Å². The molecule has 0 bridgehead atoms. The zero-order valence-electron chi connectivity index (χ0n) is 19.5. The highest BCUT2D eigenvalue weighted by atomic mass is 31.2. The molecule has 1 atom stereocenters. The third kappa shape index (κ3) is 6.14. The van der Waals surface area contributed by atoms with Crippen LogP contribution in [0.5, 0.6) is 17.2 Å². The molecule has 3 N–H and O–H groups in total. The number of hydrogen-bond acceptors (Lipinski definition) is 6. The van der Waals surface area contributed by atoms with Gasteiger partial charge in [0.15, 0.2) is 11.5 Å². The summed E-state index contributed by atoms with van der Waals surface area (Å²) < 4.78 is 24.5. The highest BCUT2D eigenvalue weighted by Crippen LogP contribution is 2.54. The van der Waals surface area contributed by atoms with Gasteiger partial charge in [-0.2, -0.15) is 0 Å². The van der Waals surface area contributed by atoms with E-state index in [1.54, 1.807) is 24.5 Å². The Balaban J connectivity index is 2.60. The molecule has 1 aromatic carbocycles.